The molecule has 0 radical (unpaired) electrons. The van der Waals surface area contributed by atoms with Gasteiger partial charge in [0, 0.05) is 11.6 Å². The Morgan fingerprint density at radius 2 is 1.70 bits per heavy atom. The van der Waals surface area contributed by atoms with Gasteiger partial charge in [-0.05, 0) is 42.5 Å². The average Bonchev–Trinajstić information content (AvgIpc) is 3.48. The molecular weight excluding hydrogens is 406 g/mol. The number of nitro groups is 1. The number of carbonyl (C=O) groups excluding carboxylic acids is 1. The maximum Gasteiger partial charge on any atom is 0.337 e. The van der Waals surface area contributed by atoms with E-state index in [-0.39, 0.29) is 5.00 Å². The Hall–Kier alpha value is -4.05. The Labute approximate surface area is 172 Å². The summed E-state index contributed by atoms with van der Waals surface area (Å²) in [5, 5.41) is 11.0. The molecule has 0 saturated carbocycles. The van der Waals surface area contributed by atoms with Gasteiger partial charge in [0.05, 0.1) is 44.5 Å². The number of nitrogens with zero attached hydrogens (tertiary/aromatic N) is 3. The third-order valence-electron chi connectivity index (χ3n) is 4.66. The van der Waals surface area contributed by atoms with Gasteiger partial charge in [-0.3, -0.25) is 10.1 Å². The fourth-order valence-electron chi connectivity index (χ4n) is 3.22. The third kappa shape index (κ3) is 2.99. The summed E-state index contributed by atoms with van der Waals surface area (Å²) in [6, 6.07) is 13.9. The molecule has 148 valence electrons. The number of thiophene rings is 1. The molecule has 0 aliphatic rings. The van der Waals surface area contributed by atoms with Crippen LogP contribution in [0.1, 0.15) is 10.4 Å². The molecule has 0 aliphatic heterocycles. The smallest absolute Gasteiger partial charge is 0.337 e. The van der Waals surface area contributed by atoms with E-state index in [4.69, 9.17) is 4.74 Å². The number of benzene rings is 2. The van der Waals surface area contributed by atoms with Crippen LogP contribution in [0.2, 0.25) is 0 Å². The molecule has 10 heteroatoms. The van der Waals surface area contributed by atoms with E-state index in [1.54, 1.807) is 24.3 Å². The molecule has 2 N–H and O–H groups in total. The summed E-state index contributed by atoms with van der Waals surface area (Å²) in [5.74, 6) is 0.817. The Balaban J connectivity index is 1.53. The molecule has 0 fully saturated rings. The van der Waals surface area contributed by atoms with Crippen molar-refractivity contribution in [2.75, 3.05) is 7.11 Å². The van der Waals surface area contributed by atoms with Crippen molar-refractivity contribution in [1.82, 2.24) is 19.9 Å². The molecule has 5 rings (SSSR count). The van der Waals surface area contributed by atoms with Crippen molar-refractivity contribution in [3.05, 3.63) is 64.2 Å². The van der Waals surface area contributed by atoms with Crippen molar-refractivity contribution in [2.24, 2.45) is 0 Å². The molecule has 0 bridgehead atoms. The van der Waals surface area contributed by atoms with Crippen molar-refractivity contribution < 1.29 is 14.5 Å². The topological polar surface area (TPSA) is 127 Å². The van der Waals surface area contributed by atoms with Gasteiger partial charge < -0.3 is 14.7 Å². The number of methoxy groups -OCH3 is 1. The van der Waals surface area contributed by atoms with E-state index in [1.165, 1.54) is 13.2 Å². The number of esters is 1. The standard InChI is InChI=1S/C20H13N5O4S/c1-29-20(26)11-3-5-12-15(9-11)23-18(21-12)10-2-4-13-14(8-10)24-19(22-13)16-6-7-17(30-16)25(27)28/h2-9H,1H3,(H,21,23)(H,22,24). The molecule has 3 aromatic heterocycles. The second-order valence-corrected chi connectivity index (χ2v) is 7.58. The van der Waals surface area contributed by atoms with Gasteiger partial charge in [0.2, 0.25) is 0 Å². The molecule has 0 unspecified atom stereocenters. The molecule has 30 heavy (non-hydrogen) atoms. The summed E-state index contributed by atoms with van der Waals surface area (Å²) >= 11 is 1.07. The summed E-state index contributed by atoms with van der Waals surface area (Å²) in [6.07, 6.45) is 0. The van der Waals surface area contributed by atoms with E-state index in [1.807, 2.05) is 18.2 Å². The molecule has 0 amide bonds. The van der Waals surface area contributed by atoms with Crippen LogP contribution in [0.4, 0.5) is 5.00 Å². The van der Waals surface area contributed by atoms with Gasteiger partial charge in [-0.2, -0.15) is 0 Å². The highest BCUT2D eigenvalue weighted by molar-refractivity contribution is 7.18. The molecule has 5 aromatic rings. The molecule has 0 aliphatic carbocycles. The van der Waals surface area contributed by atoms with Gasteiger partial charge in [0.25, 0.3) is 0 Å². The number of carbonyl (C=O) groups is 1. The van der Waals surface area contributed by atoms with Gasteiger partial charge in [-0.15, -0.1) is 0 Å². The highest BCUT2D eigenvalue weighted by Gasteiger charge is 2.15. The predicted molar refractivity (Wildman–Crippen MR) is 112 cm³/mol. The van der Waals surface area contributed by atoms with E-state index in [9.17, 15) is 14.9 Å². The number of hydrogen-bond donors (Lipinski definition) is 2. The van der Waals surface area contributed by atoms with Crippen LogP contribution in [0, 0.1) is 10.1 Å². The van der Waals surface area contributed by atoms with Gasteiger partial charge in [-0.1, -0.05) is 11.3 Å². The van der Waals surface area contributed by atoms with Crippen molar-refractivity contribution in [3.8, 4) is 22.1 Å². The van der Waals surface area contributed by atoms with Crippen molar-refractivity contribution in [2.45, 2.75) is 0 Å². The second-order valence-electron chi connectivity index (χ2n) is 6.52. The maximum absolute atomic E-state index is 11.7. The van der Waals surface area contributed by atoms with E-state index < -0.39 is 10.9 Å². The number of rotatable bonds is 4. The van der Waals surface area contributed by atoms with Gasteiger partial charge in [0.1, 0.15) is 11.6 Å². The van der Waals surface area contributed by atoms with Crippen LogP contribution in [-0.4, -0.2) is 37.9 Å². The minimum absolute atomic E-state index is 0.0692. The number of aromatic amines is 2. The van der Waals surface area contributed by atoms with Crippen LogP contribution in [0.3, 0.4) is 0 Å². The number of H-pyrrole nitrogens is 2. The van der Waals surface area contributed by atoms with E-state index in [2.05, 4.69) is 19.9 Å². The fourth-order valence-corrected chi connectivity index (χ4v) is 3.98. The number of aromatic nitrogens is 4. The first-order valence-electron chi connectivity index (χ1n) is 8.84. The van der Waals surface area contributed by atoms with E-state index in [0.29, 0.717) is 22.1 Å². The first kappa shape index (κ1) is 18.0. The lowest BCUT2D eigenvalue weighted by Gasteiger charge is -1.97. The van der Waals surface area contributed by atoms with Crippen LogP contribution in [0.5, 0.6) is 0 Å². The van der Waals surface area contributed by atoms with Crippen molar-refractivity contribution in [1.29, 1.82) is 0 Å². The monoisotopic (exact) mass is 419 g/mol. The van der Waals surface area contributed by atoms with Crippen LogP contribution < -0.4 is 0 Å². The Morgan fingerprint density at radius 3 is 2.43 bits per heavy atom. The van der Waals surface area contributed by atoms with Crippen LogP contribution in [0.15, 0.2) is 48.5 Å². The lowest BCUT2D eigenvalue weighted by Crippen LogP contribution is -2.00. The Kier molecular flexibility index (Phi) is 4.07. The maximum atomic E-state index is 11.7. The number of imidazole rings is 2. The zero-order valence-electron chi connectivity index (χ0n) is 15.5. The van der Waals surface area contributed by atoms with Crippen molar-refractivity contribution >= 4 is 44.4 Å². The molecule has 0 saturated heterocycles. The Bertz CT molecular complexity index is 1450. The highest BCUT2D eigenvalue weighted by atomic mass is 32.1. The minimum Gasteiger partial charge on any atom is -0.465 e. The average molecular weight is 419 g/mol. The largest absolute Gasteiger partial charge is 0.465 e. The van der Waals surface area contributed by atoms with E-state index >= 15 is 0 Å². The quantitative estimate of drug-likeness (QED) is 0.250. The first-order chi connectivity index (χ1) is 14.5. The molecule has 9 nitrogen and oxygen atoms in total. The van der Waals surface area contributed by atoms with Crippen LogP contribution in [-0.2, 0) is 4.74 Å². The normalized spacial score (nSPS) is 11.2. The van der Waals surface area contributed by atoms with Gasteiger partial charge in [-0.25, -0.2) is 14.8 Å². The van der Waals surface area contributed by atoms with Crippen molar-refractivity contribution in [3.63, 3.8) is 0 Å². The lowest BCUT2D eigenvalue weighted by molar-refractivity contribution is -0.380. The fraction of sp³-hybridized carbons (Fsp3) is 0.0500. The summed E-state index contributed by atoms with van der Waals surface area (Å²) in [7, 11) is 1.34. The number of ether oxygens (including phenoxy) is 1. The molecule has 0 atom stereocenters. The Morgan fingerprint density at radius 1 is 1.00 bits per heavy atom. The molecule has 2 aromatic carbocycles. The summed E-state index contributed by atoms with van der Waals surface area (Å²) in [4.78, 5) is 38.5. The zero-order valence-corrected chi connectivity index (χ0v) is 16.3. The number of nitrogens with one attached hydrogen (secondary N) is 2. The zero-order chi connectivity index (χ0) is 20.8. The van der Waals surface area contributed by atoms with E-state index in [0.717, 1.165) is 39.0 Å². The number of fused-ring (bicyclic) bond motifs is 2. The summed E-state index contributed by atoms with van der Waals surface area (Å²) < 4.78 is 4.76. The predicted octanol–water partition coefficient (Wildman–Crippen LogP) is 4.53. The van der Waals surface area contributed by atoms with Gasteiger partial charge >= 0.3 is 11.0 Å². The highest BCUT2D eigenvalue weighted by Crippen LogP contribution is 2.33. The summed E-state index contributed by atoms with van der Waals surface area (Å²) in [5.41, 5.74) is 4.27. The number of hydrogen-bond acceptors (Lipinski definition) is 7. The SMILES string of the molecule is COC(=O)c1ccc2nc(-c3ccc4nc(-c5ccc([N+](=O)[O-])s5)[nH]c4c3)[nH]c2c1. The minimum atomic E-state index is -0.415. The second kappa shape index (κ2) is 6.78. The van der Waals surface area contributed by atoms with Gasteiger partial charge in [0.15, 0.2) is 0 Å². The first-order valence-corrected chi connectivity index (χ1v) is 9.66. The van der Waals surface area contributed by atoms with Crippen LogP contribution in [0.25, 0.3) is 44.2 Å². The molecule has 3 heterocycles. The lowest BCUT2D eigenvalue weighted by atomic mass is 10.2. The summed E-state index contributed by atoms with van der Waals surface area (Å²) in [6.45, 7) is 0. The molecular formula is C20H13N5O4S. The van der Waals surface area contributed by atoms with Crippen LogP contribution >= 0.6 is 11.3 Å². The molecule has 0 spiro atoms. The third-order valence-corrected chi connectivity index (χ3v) is 5.71.